The highest BCUT2D eigenvalue weighted by Crippen LogP contribution is 2.53. The molecule has 0 spiro atoms. The number of hydrogen-bond donors (Lipinski definition) is 0. The summed E-state index contributed by atoms with van der Waals surface area (Å²) in [7, 11) is 0. The van der Waals surface area contributed by atoms with Gasteiger partial charge in [0.2, 0.25) is 5.95 Å². The summed E-state index contributed by atoms with van der Waals surface area (Å²) in [5.41, 5.74) is 11.6. The second kappa shape index (κ2) is 11.5. The van der Waals surface area contributed by atoms with Crippen LogP contribution in [-0.4, -0.2) is 19.5 Å². The van der Waals surface area contributed by atoms with Crippen LogP contribution in [0.4, 0.5) is 0 Å². The van der Waals surface area contributed by atoms with Crippen LogP contribution < -0.4 is 0 Å². The van der Waals surface area contributed by atoms with E-state index in [0.29, 0.717) is 17.6 Å². The number of benzene rings is 8. The zero-order valence-corrected chi connectivity index (χ0v) is 30.0. The number of fused-ring (bicyclic) bond motifs is 9. The highest BCUT2D eigenvalue weighted by molar-refractivity contribution is 6.21. The lowest BCUT2D eigenvalue weighted by atomic mass is 9.82. The second-order valence-electron chi connectivity index (χ2n) is 14.8. The fraction of sp³-hybridized carbons (Fsp3) is 0.0600. The first kappa shape index (κ1) is 30.7. The number of para-hydroxylation sites is 1. The smallest absolute Gasteiger partial charge is 0.238 e. The van der Waals surface area contributed by atoms with Crippen LogP contribution in [0.5, 0.6) is 0 Å². The third kappa shape index (κ3) is 4.47. The molecule has 0 fully saturated rings. The fourth-order valence-corrected chi connectivity index (χ4v) is 8.86. The molecule has 2 aromatic heterocycles. The molecule has 4 nitrogen and oxygen atoms in total. The zero-order chi connectivity index (χ0) is 36.0. The van der Waals surface area contributed by atoms with Gasteiger partial charge >= 0.3 is 0 Å². The van der Waals surface area contributed by atoms with Gasteiger partial charge in [0.05, 0.1) is 11.0 Å². The summed E-state index contributed by atoms with van der Waals surface area (Å²) in [4.78, 5) is 15.9. The van der Waals surface area contributed by atoms with E-state index < -0.39 is 0 Å². The number of hydrogen-bond acceptors (Lipinski definition) is 3. The third-order valence-electron chi connectivity index (χ3n) is 11.4. The van der Waals surface area contributed by atoms with E-state index in [1.54, 1.807) is 0 Å². The molecule has 4 heteroatoms. The van der Waals surface area contributed by atoms with Gasteiger partial charge in [0, 0.05) is 38.3 Å². The maximum Gasteiger partial charge on any atom is 0.238 e. The first-order chi connectivity index (χ1) is 26.5. The summed E-state index contributed by atoms with van der Waals surface area (Å²) in [5, 5.41) is 6.95. The van der Waals surface area contributed by atoms with Gasteiger partial charge in [0.25, 0.3) is 0 Å². The Morgan fingerprint density at radius 1 is 0.407 bits per heavy atom. The molecule has 0 radical (unpaired) electrons. The molecule has 2 heterocycles. The average molecular weight is 691 g/mol. The van der Waals surface area contributed by atoms with E-state index in [0.717, 1.165) is 49.3 Å². The Morgan fingerprint density at radius 3 is 1.89 bits per heavy atom. The molecule has 10 aromatic rings. The number of nitrogens with zero attached hydrogens (tertiary/aromatic N) is 4. The van der Waals surface area contributed by atoms with Crippen molar-refractivity contribution in [3.63, 3.8) is 0 Å². The Bertz CT molecular complexity index is 3140. The Balaban J connectivity index is 1.28. The minimum absolute atomic E-state index is 0.119. The van der Waals surface area contributed by atoms with Crippen LogP contribution in [0.1, 0.15) is 25.0 Å². The van der Waals surface area contributed by atoms with Crippen LogP contribution in [0.15, 0.2) is 170 Å². The van der Waals surface area contributed by atoms with E-state index in [9.17, 15) is 0 Å². The molecule has 8 aromatic carbocycles. The van der Waals surface area contributed by atoms with Crippen LogP contribution in [0.2, 0.25) is 0 Å². The van der Waals surface area contributed by atoms with Gasteiger partial charge in [0.1, 0.15) is 0 Å². The van der Waals surface area contributed by atoms with Crippen molar-refractivity contribution in [2.75, 3.05) is 0 Å². The highest BCUT2D eigenvalue weighted by atomic mass is 15.2. The molecule has 11 rings (SSSR count). The van der Waals surface area contributed by atoms with Gasteiger partial charge in [-0.15, -0.1) is 0 Å². The van der Waals surface area contributed by atoms with Crippen molar-refractivity contribution in [2.45, 2.75) is 19.3 Å². The van der Waals surface area contributed by atoms with E-state index in [2.05, 4.69) is 170 Å². The normalized spacial score (nSPS) is 13.1. The van der Waals surface area contributed by atoms with Crippen molar-refractivity contribution >= 4 is 43.4 Å². The molecule has 0 amide bonds. The SMILES string of the molecule is CC1(C)c2ccccc2-c2c(-c3cccc4c5ccc6ccccc6c5n(-c5nc(-c6ccccc6)nc(-c6ccc7ccccc7c6)n5)c34)cccc21. The molecule has 1 aliphatic carbocycles. The van der Waals surface area contributed by atoms with Crippen LogP contribution in [0.25, 0.3) is 94.3 Å². The minimum Gasteiger partial charge on any atom is -0.277 e. The van der Waals surface area contributed by atoms with Gasteiger partial charge < -0.3 is 0 Å². The molecule has 0 atom stereocenters. The summed E-state index contributed by atoms with van der Waals surface area (Å²) in [6, 6.07) is 60.7. The molecule has 0 N–H and O–H groups in total. The molecule has 0 bridgehead atoms. The summed E-state index contributed by atoms with van der Waals surface area (Å²) in [5.74, 6) is 1.85. The van der Waals surface area contributed by atoms with Crippen LogP contribution in [0, 0.1) is 0 Å². The second-order valence-corrected chi connectivity index (χ2v) is 14.8. The van der Waals surface area contributed by atoms with Gasteiger partial charge in [-0.3, -0.25) is 4.57 Å². The van der Waals surface area contributed by atoms with Crippen molar-refractivity contribution in [3.05, 3.63) is 181 Å². The largest absolute Gasteiger partial charge is 0.277 e. The first-order valence-corrected chi connectivity index (χ1v) is 18.5. The quantitative estimate of drug-likeness (QED) is 0.185. The molecule has 254 valence electrons. The third-order valence-corrected chi connectivity index (χ3v) is 11.4. The molecule has 0 unspecified atom stereocenters. The van der Waals surface area contributed by atoms with Gasteiger partial charge in [-0.25, -0.2) is 4.98 Å². The van der Waals surface area contributed by atoms with Crippen molar-refractivity contribution in [1.82, 2.24) is 19.5 Å². The Hall–Kier alpha value is -6.91. The first-order valence-electron chi connectivity index (χ1n) is 18.5. The van der Waals surface area contributed by atoms with Crippen molar-refractivity contribution < 1.29 is 0 Å². The summed E-state index contributed by atoms with van der Waals surface area (Å²) in [6.07, 6.45) is 0. The summed E-state index contributed by atoms with van der Waals surface area (Å²) < 4.78 is 2.31. The average Bonchev–Trinajstić information content (AvgIpc) is 3.70. The molecular formula is C50H34N4. The van der Waals surface area contributed by atoms with Crippen LogP contribution in [-0.2, 0) is 5.41 Å². The van der Waals surface area contributed by atoms with E-state index in [1.165, 1.54) is 38.6 Å². The van der Waals surface area contributed by atoms with Gasteiger partial charge in [-0.2, -0.15) is 9.97 Å². The monoisotopic (exact) mass is 690 g/mol. The molecule has 54 heavy (non-hydrogen) atoms. The fourth-order valence-electron chi connectivity index (χ4n) is 8.86. The lowest BCUT2D eigenvalue weighted by Gasteiger charge is -2.21. The van der Waals surface area contributed by atoms with Gasteiger partial charge in [-0.1, -0.05) is 178 Å². The summed E-state index contributed by atoms with van der Waals surface area (Å²) in [6.45, 7) is 4.69. The van der Waals surface area contributed by atoms with Crippen molar-refractivity contribution in [2.24, 2.45) is 0 Å². The number of aromatic nitrogens is 4. The van der Waals surface area contributed by atoms with Crippen molar-refractivity contribution in [1.29, 1.82) is 0 Å². The number of rotatable bonds is 4. The Morgan fingerprint density at radius 2 is 1.02 bits per heavy atom. The topological polar surface area (TPSA) is 43.6 Å². The van der Waals surface area contributed by atoms with Gasteiger partial charge in [0.15, 0.2) is 11.6 Å². The summed E-state index contributed by atoms with van der Waals surface area (Å²) >= 11 is 0. The van der Waals surface area contributed by atoms with E-state index in [-0.39, 0.29) is 5.41 Å². The molecule has 0 saturated carbocycles. The minimum atomic E-state index is -0.119. The lowest BCUT2D eigenvalue weighted by molar-refractivity contribution is 0.660. The predicted molar refractivity (Wildman–Crippen MR) is 223 cm³/mol. The molecule has 0 aliphatic heterocycles. The van der Waals surface area contributed by atoms with Gasteiger partial charge in [-0.05, 0) is 50.0 Å². The van der Waals surface area contributed by atoms with Crippen LogP contribution in [0.3, 0.4) is 0 Å². The zero-order valence-electron chi connectivity index (χ0n) is 30.0. The highest BCUT2D eigenvalue weighted by Gasteiger charge is 2.37. The lowest BCUT2D eigenvalue weighted by Crippen LogP contribution is -2.14. The Labute approximate surface area is 313 Å². The molecule has 0 saturated heterocycles. The van der Waals surface area contributed by atoms with E-state index >= 15 is 0 Å². The standard InChI is InChI=1S/C50H34N4/c1-50(2)42-24-11-10-20-41(42)44-37(21-13-25-43(44)50)38-22-12-23-39-40-29-28-32-15-8-9-19-36(32)45(40)54(46(38)39)49-52-47(33-16-4-3-5-17-33)51-48(53-49)35-27-26-31-14-6-7-18-34(31)30-35/h3-30H,1-2H3. The van der Waals surface area contributed by atoms with E-state index in [1.807, 2.05) is 18.2 Å². The predicted octanol–water partition coefficient (Wildman–Crippen LogP) is 12.6. The van der Waals surface area contributed by atoms with E-state index in [4.69, 9.17) is 15.0 Å². The maximum atomic E-state index is 5.39. The maximum absolute atomic E-state index is 5.39. The molecule has 1 aliphatic rings. The van der Waals surface area contributed by atoms with Crippen molar-refractivity contribution in [3.8, 4) is 51.0 Å². The molecular weight excluding hydrogens is 657 g/mol. The Kier molecular flexibility index (Phi) is 6.56. The van der Waals surface area contributed by atoms with Crippen LogP contribution >= 0.6 is 0 Å².